The normalized spacial score (nSPS) is 17.4. The molecule has 106 valence electrons. The number of rotatable bonds is 7. The molecule has 1 aromatic rings. The summed E-state index contributed by atoms with van der Waals surface area (Å²) in [6.07, 6.45) is 7.67. The highest BCUT2D eigenvalue weighted by Crippen LogP contribution is 2.29. The van der Waals surface area contributed by atoms with Crippen LogP contribution in [0.1, 0.15) is 39.0 Å². The molecular weight excluding hydrogens is 240 g/mol. The van der Waals surface area contributed by atoms with E-state index in [0.717, 1.165) is 12.2 Å². The SMILES string of the molecule is CCCOc1cc(NC(CN)C2CCCC2)ncn1. The number of anilines is 1. The molecule has 1 fully saturated rings. The minimum Gasteiger partial charge on any atom is -0.478 e. The summed E-state index contributed by atoms with van der Waals surface area (Å²) in [6, 6.07) is 2.16. The third-order valence-corrected chi connectivity index (χ3v) is 3.65. The van der Waals surface area contributed by atoms with Crippen LogP contribution >= 0.6 is 0 Å². The smallest absolute Gasteiger partial charge is 0.218 e. The minimum atomic E-state index is 0.302. The van der Waals surface area contributed by atoms with Gasteiger partial charge in [-0.2, -0.15) is 0 Å². The lowest BCUT2D eigenvalue weighted by Crippen LogP contribution is -2.35. The van der Waals surface area contributed by atoms with Crippen molar-refractivity contribution in [1.29, 1.82) is 0 Å². The number of nitrogens with zero attached hydrogens (tertiary/aromatic N) is 2. The Bertz CT molecular complexity index is 379. The Morgan fingerprint density at radius 3 is 2.89 bits per heavy atom. The fourth-order valence-electron chi connectivity index (χ4n) is 2.62. The van der Waals surface area contributed by atoms with E-state index >= 15 is 0 Å². The van der Waals surface area contributed by atoms with Gasteiger partial charge in [-0.15, -0.1) is 0 Å². The molecule has 5 heteroatoms. The average Bonchev–Trinajstić information content (AvgIpc) is 2.97. The Hall–Kier alpha value is -1.36. The molecule has 0 radical (unpaired) electrons. The molecule has 5 nitrogen and oxygen atoms in total. The van der Waals surface area contributed by atoms with Gasteiger partial charge in [-0.25, -0.2) is 9.97 Å². The highest BCUT2D eigenvalue weighted by molar-refractivity contribution is 5.38. The van der Waals surface area contributed by atoms with E-state index in [9.17, 15) is 0 Å². The van der Waals surface area contributed by atoms with Crippen molar-refractivity contribution >= 4 is 5.82 Å². The van der Waals surface area contributed by atoms with Crippen molar-refractivity contribution in [1.82, 2.24) is 9.97 Å². The van der Waals surface area contributed by atoms with E-state index in [1.54, 1.807) is 0 Å². The summed E-state index contributed by atoms with van der Waals surface area (Å²) in [5, 5.41) is 3.43. The molecule has 1 saturated carbocycles. The summed E-state index contributed by atoms with van der Waals surface area (Å²) < 4.78 is 5.51. The molecular formula is C14H24N4O. The van der Waals surface area contributed by atoms with Crippen LogP contribution in [0.5, 0.6) is 5.88 Å². The van der Waals surface area contributed by atoms with Crippen LogP contribution in [0.3, 0.4) is 0 Å². The molecule has 1 aliphatic rings. The Labute approximate surface area is 115 Å². The van der Waals surface area contributed by atoms with Gasteiger partial charge in [0.25, 0.3) is 0 Å². The fourth-order valence-corrected chi connectivity index (χ4v) is 2.62. The predicted octanol–water partition coefficient (Wildman–Crippen LogP) is 2.19. The number of aromatic nitrogens is 2. The van der Waals surface area contributed by atoms with Crippen LogP contribution in [-0.2, 0) is 0 Å². The second-order valence-corrected chi connectivity index (χ2v) is 5.12. The topological polar surface area (TPSA) is 73.1 Å². The van der Waals surface area contributed by atoms with E-state index in [1.165, 1.54) is 32.0 Å². The zero-order chi connectivity index (χ0) is 13.5. The first kappa shape index (κ1) is 14.1. The van der Waals surface area contributed by atoms with E-state index in [0.29, 0.717) is 31.0 Å². The quantitative estimate of drug-likeness (QED) is 0.789. The summed E-state index contributed by atoms with van der Waals surface area (Å²) in [4.78, 5) is 8.35. The maximum Gasteiger partial charge on any atom is 0.218 e. The van der Waals surface area contributed by atoms with Gasteiger partial charge in [-0.3, -0.25) is 0 Å². The van der Waals surface area contributed by atoms with Crippen molar-refractivity contribution in [2.45, 2.75) is 45.1 Å². The summed E-state index contributed by atoms with van der Waals surface area (Å²) in [6.45, 7) is 3.39. The average molecular weight is 264 g/mol. The second kappa shape index (κ2) is 7.28. The van der Waals surface area contributed by atoms with Gasteiger partial charge < -0.3 is 15.8 Å². The van der Waals surface area contributed by atoms with Gasteiger partial charge in [-0.05, 0) is 25.2 Å². The maximum absolute atomic E-state index is 5.88. The van der Waals surface area contributed by atoms with Crippen molar-refractivity contribution in [2.75, 3.05) is 18.5 Å². The molecule has 0 saturated heterocycles. The summed E-state index contributed by atoms with van der Waals surface area (Å²) in [7, 11) is 0. The molecule has 0 spiro atoms. The van der Waals surface area contributed by atoms with Gasteiger partial charge in [0.2, 0.25) is 5.88 Å². The molecule has 2 rings (SSSR count). The van der Waals surface area contributed by atoms with E-state index in [4.69, 9.17) is 10.5 Å². The lowest BCUT2D eigenvalue weighted by atomic mass is 9.98. The Morgan fingerprint density at radius 2 is 2.21 bits per heavy atom. The fraction of sp³-hybridized carbons (Fsp3) is 0.714. The predicted molar refractivity (Wildman–Crippen MR) is 76.2 cm³/mol. The number of nitrogens with one attached hydrogen (secondary N) is 1. The summed E-state index contributed by atoms with van der Waals surface area (Å²) in [5.41, 5.74) is 5.88. The minimum absolute atomic E-state index is 0.302. The first-order chi connectivity index (χ1) is 9.33. The number of ether oxygens (including phenoxy) is 1. The molecule has 1 heterocycles. The molecule has 1 unspecified atom stereocenters. The highest BCUT2D eigenvalue weighted by atomic mass is 16.5. The molecule has 0 aliphatic heterocycles. The molecule has 1 aromatic heterocycles. The van der Waals surface area contributed by atoms with Crippen LogP contribution in [0, 0.1) is 5.92 Å². The highest BCUT2D eigenvalue weighted by Gasteiger charge is 2.24. The Kier molecular flexibility index (Phi) is 5.39. The summed E-state index contributed by atoms with van der Waals surface area (Å²) in [5.74, 6) is 2.10. The van der Waals surface area contributed by atoms with Gasteiger partial charge in [0.05, 0.1) is 6.61 Å². The van der Waals surface area contributed by atoms with Crippen LogP contribution in [0.2, 0.25) is 0 Å². The van der Waals surface area contributed by atoms with E-state index in [1.807, 2.05) is 6.07 Å². The third kappa shape index (κ3) is 4.06. The van der Waals surface area contributed by atoms with Gasteiger partial charge in [0, 0.05) is 18.7 Å². The van der Waals surface area contributed by atoms with Gasteiger partial charge in [-0.1, -0.05) is 19.8 Å². The van der Waals surface area contributed by atoms with Crippen LogP contribution in [-0.4, -0.2) is 29.2 Å². The van der Waals surface area contributed by atoms with Crippen LogP contribution in [0.4, 0.5) is 5.82 Å². The molecule has 1 atom stereocenters. The molecule has 1 aliphatic carbocycles. The van der Waals surface area contributed by atoms with Gasteiger partial charge >= 0.3 is 0 Å². The molecule has 19 heavy (non-hydrogen) atoms. The lowest BCUT2D eigenvalue weighted by Gasteiger charge is -2.23. The van der Waals surface area contributed by atoms with Crippen molar-refractivity contribution in [3.63, 3.8) is 0 Å². The third-order valence-electron chi connectivity index (χ3n) is 3.65. The number of hydrogen-bond acceptors (Lipinski definition) is 5. The first-order valence-electron chi connectivity index (χ1n) is 7.25. The van der Waals surface area contributed by atoms with Crippen molar-refractivity contribution < 1.29 is 4.74 Å². The van der Waals surface area contributed by atoms with Gasteiger partial charge in [0.15, 0.2) is 0 Å². The zero-order valence-electron chi connectivity index (χ0n) is 11.6. The van der Waals surface area contributed by atoms with Crippen LogP contribution in [0.15, 0.2) is 12.4 Å². The molecule has 0 bridgehead atoms. The standard InChI is InChI=1S/C14H24N4O/c1-2-7-19-14-8-13(16-10-17-14)18-12(9-15)11-5-3-4-6-11/h8,10-12H,2-7,9,15H2,1H3,(H,16,17,18). The van der Waals surface area contributed by atoms with E-state index in [2.05, 4.69) is 22.2 Å². The maximum atomic E-state index is 5.88. The number of nitrogens with two attached hydrogens (primary N) is 1. The largest absolute Gasteiger partial charge is 0.478 e. The summed E-state index contributed by atoms with van der Waals surface area (Å²) >= 11 is 0. The first-order valence-corrected chi connectivity index (χ1v) is 7.25. The second-order valence-electron chi connectivity index (χ2n) is 5.12. The molecule has 0 amide bonds. The van der Waals surface area contributed by atoms with Crippen LogP contribution < -0.4 is 15.8 Å². The van der Waals surface area contributed by atoms with Gasteiger partial charge in [0.1, 0.15) is 12.1 Å². The molecule has 3 N–H and O–H groups in total. The van der Waals surface area contributed by atoms with Crippen LogP contribution in [0.25, 0.3) is 0 Å². The Morgan fingerprint density at radius 1 is 1.42 bits per heavy atom. The Balaban J connectivity index is 1.96. The lowest BCUT2D eigenvalue weighted by molar-refractivity contribution is 0.305. The van der Waals surface area contributed by atoms with Crippen molar-refractivity contribution in [3.8, 4) is 5.88 Å². The van der Waals surface area contributed by atoms with Crippen molar-refractivity contribution in [2.24, 2.45) is 11.7 Å². The zero-order valence-corrected chi connectivity index (χ0v) is 11.6. The monoisotopic (exact) mass is 264 g/mol. The van der Waals surface area contributed by atoms with Crippen molar-refractivity contribution in [3.05, 3.63) is 12.4 Å². The molecule has 0 aromatic carbocycles. The number of hydrogen-bond donors (Lipinski definition) is 2. The van der Waals surface area contributed by atoms with E-state index in [-0.39, 0.29) is 0 Å². The van der Waals surface area contributed by atoms with E-state index < -0.39 is 0 Å².